The normalized spacial score (nSPS) is 23.6. The Morgan fingerprint density at radius 2 is 1.07 bits per heavy atom. The Bertz CT molecular complexity index is 1770. The zero-order chi connectivity index (χ0) is 43.3. The fourth-order valence-electron chi connectivity index (χ4n) is 10.3. The van der Waals surface area contributed by atoms with Gasteiger partial charge in [-0.1, -0.05) is 58.0 Å². The Labute approximate surface area is 367 Å². The number of aliphatic hydroxyl groups excluding tert-OH is 1. The molecule has 3 aromatic rings. The summed E-state index contributed by atoms with van der Waals surface area (Å²) < 4.78 is 40.9. The van der Waals surface area contributed by atoms with Gasteiger partial charge in [0.05, 0.1) is 47.3 Å². The van der Waals surface area contributed by atoms with Crippen LogP contribution in [0.4, 0.5) is 0 Å². The van der Waals surface area contributed by atoms with Gasteiger partial charge in [-0.2, -0.15) is 0 Å². The molecule has 0 aliphatic carbocycles. The van der Waals surface area contributed by atoms with E-state index in [1.54, 1.807) is 28.4 Å². The molecule has 61 heavy (non-hydrogen) atoms. The average Bonchev–Trinajstić information content (AvgIpc) is 3.26. The summed E-state index contributed by atoms with van der Waals surface area (Å²) in [5, 5.41) is 9.12. The van der Waals surface area contributed by atoms with Gasteiger partial charge in [-0.25, -0.2) is 0 Å². The van der Waals surface area contributed by atoms with Crippen LogP contribution in [-0.4, -0.2) is 108 Å². The molecule has 4 aliphatic rings. The van der Waals surface area contributed by atoms with Gasteiger partial charge in [0.25, 0.3) is 0 Å². The van der Waals surface area contributed by atoms with Crippen molar-refractivity contribution in [3.8, 4) is 23.0 Å². The van der Waals surface area contributed by atoms with Crippen molar-refractivity contribution in [2.24, 2.45) is 23.7 Å². The number of nitrogens with zero attached hydrogens (tertiary/aromatic N) is 2. The van der Waals surface area contributed by atoms with Gasteiger partial charge in [0.2, 0.25) is 0 Å². The highest BCUT2D eigenvalue weighted by Crippen LogP contribution is 2.46. The molecule has 10 heteroatoms. The maximum atomic E-state index is 9.12. The van der Waals surface area contributed by atoms with Crippen LogP contribution in [0.15, 0.2) is 54.6 Å². The van der Waals surface area contributed by atoms with Crippen molar-refractivity contribution < 1.29 is 38.3 Å². The van der Waals surface area contributed by atoms with E-state index >= 15 is 0 Å². The summed E-state index contributed by atoms with van der Waals surface area (Å²) in [6.07, 6.45) is 8.70. The van der Waals surface area contributed by atoms with Crippen LogP contribution in [0.5, 0.6) is 23.0 Å². The molecule has 6 atom stereocenters. The SMILES string of the molecule is COc1cc2c(cc1OC)[C@H]1C[C@@H](OCCCO)[C@H](CC(C)C)CN1CC2.COc1cc2c(cc1OC)[C@H]1C[C@@H](OCCCOCc3ccccc3)[C@H](CC(C)C)CN1CC2. The Kier molecular flexibility index (Phi) is 18.0. The van der Waals surface area contributed by atoms with Crippen molar-refractivity contribution in [3.63, 3.8) is 0 Å². The van der Waals surface area contributed by atoms with Gasteiger partial charge in [-0.3, -0.25) is 9.80 Å². The molecule has 4 aliphatic heterocycles. The molecule has 0 aromatic heterocycles. The van der Waals surface area contributed by atoms with Crippen LogP contribution in [0, 0.1) is 23.7 Å². The monoisotopic (exact) mass is 845 g/mol. The third kappa shape index (κ3) is 12.4. The van der Waals surface area contributed by atoms with Gasteiger partial charge in [0, 0.05) is 64.7 Å². The maximum absolute atomic E-state index is 9.12. The molecule has 2 saturated heterocycles. The summed E-state index contributed by atoms with van der Waals surface area (Å²) in [5.74, 6) is 5.73. The molecular weight excluding hydrogens is 769 g/mol. The third-order valence-electron chi connectivity index (χ3n) is 13.2. The molecule has 0 saturated carbocycles. The molecule has 0 amide bonds. The van der Waals surface area contributed by atoms with Crippen molar-refractivity contribution >= 4 is 0 Å². The highest BCUT2D eigenvalue weighted by atomic mass is 16.5. The molecule has 3 aromatic carbocycles. The first-order chi connectivity index (χ1) is 29.7. The number of piperidine rings is 2. The van der Waals surface area contributed by atoms with Crippen molar-refractivity contribution in [1.29, 1.82) is 0 Å². The van der Waals surface area contributed by atoms with Crippen molar-refractivity contribution in [1.82, 2.24) is 9.80 Å². The molecule has 7 rings (SSSR count). The summed E-state index contributed by atoms with van der Waals surface area (Å²) in [7, 11) is 6.83. The van der Waals surface area contributed by atoms with Crippen LogP contribution >= 0.6 is 0 Å². The van der Waals surface area contributed by atoms with E-state index in [4.69, 9.17) is 38.3 Å². The average molecular weight is 845 g/mol. The largest absolute Gasteiger partial charge is 0.493 e. The number of ether oxygens (including phenoxy) is 7. The second-order valence-corrected chi connectivity index (χ2v) is 18.4. The summed E-state index contributed by atoms with van der Waals surface area (Å²) in [5.41, 5.74) is 6.71. The molecule has 0 bridgehead atoms. The Hall–Kier alpha value is -3.38. The van der Waals surface area contributed by atoms with Crippen LogP contribution in [0.2, 0.25) is 0 Å². The van der Waals surface area contributed by atoms with Gasteiger partial charge < -0.3 is 38.3 Å². The van der Waals surface area contributed by atoms with Gasteiger partial charge in [-0.05, 0) is 127 Å². The minimum Gasteiger partial charge on any atom is -0.493 e. The number of hydrogen-bond acceptors (Lipinski definition) is 10. The van der Waals surface area contributed by atoms with Crippen LogP contribution in [0.1, 0.15) is 106 Å². The molecule has 10 nitrogen and oxygen atoms in total. The van der Waals surface area contributed by atoms with E-state index in [1.807, 2.05) is 6.07 Å². The van der Waals surface area contributed by atoms with E-state index in [9.17, 15) is 0 Å². The van der Waals surface area contributed by atoms with Crippen LogP contribution in [0.3, 0.4) is 0 Å². The van der Waals surface area contributed by atoms with E-state index in [-0.39, 0.29) is 18.8 Å². The molecule has 0 unspecified atom stereocenters. The van der Waals surface area contributed by atoms with E-state index < -0.39 is 0 Å². The lowest BCUT2D eigenvalue weighted by Gasteiger charge is -2.47. The summed E-state index contributed by atoms with van der Waals surface area (Å²) >= 11 is 0. The van der Waals surface area contributed by atoms with Gasteiger partial charge in [0.15, 0.2) is 23.0 Å². The molecule has 0 spiro atoms. The number of methoxy groups -OCH3 is 4. The summed E-state index contributed by atoms with van der Waals surface area (Å²) in [6.45, 7) is 16.6. The minimum atomic E-state index is 0.191. The maximum Gasteiger partial charge on any atom is 0.161 e. The van der Waals surface area contributed by atoms with E-state index in [2.05, 4.69) is 86.0 Å². The topological polar surface area (TPSA) is 91.3 Å². The highest BCUT2D eigenvalue weighted by Gasteiger charge is 2.41. The number of rotatable bonds is 19. The predicted octanol–water partition coefficient (Wildman–Crippen LogP) is 9.10. The molecule has 2 fully saturated rings. The summed E-state index contributed by atoms with van der Waals surface area (Å²) in [4.78, 5) is 5.30. The first-order valence-corrected chi connectivity index (χ1v) is 23.1. The second kappa shape index (κ2) is 23.3. The quantitative estimate of drug-likeness (QED) is 0.118. The smallest absolute Gasteiger partial charge is 0.161 e. The molecule has 338 valence electrons. The van der Waals surface area contributed by atoms with Crippen LogP contribution < -0.4 is 18.9 Å². The fraction of sp³-hybridized carbons (Fsp3) is 0.647. The number of aliphatic hydroxyl groups is 1. The number of fused-ring (bicyclic) bond motifs is 6. The van der Waals surface area contributed by atoms with Gasteiger partial charge >= 0.3 is 0 Å². The first kappa shape index (κ1) is 47.1. The van der Waals surface area contributed by atoms with Crippen molar-refractivity contribution in [2.75, 3.05) is 81.0 Å². The minimum absolute atomic E-state index is 0.191. The first-order valence-electron chi connectivity index (χ1n) is 23.1. The summed E-state index contributed by atoms with van der Waals surface area (Å²) in [6, 6.07) is 19.8. The number of hydrogen-bond donors (Lipinski definition) is 1. The number of benzene rings is 3. The molecule has 0 radical (unpaired) electrons. The Morgan fingerprint density at radius 3 is 1.51 bits per heavy atom. The lowest BCUT2D eigenvalue weighted by atomic mass is 9.79. The van der Waals surface area contributed by atoms with Crippen molar-refractivity contribution in [3.05, 3.63) is 82.4 Å². The fourth-order valence-corrected chi connectivity index (χ4v) is 10.3. The van der Waals surface area contributed by atoms with Crippen LogP contribution in [-0.2, 0) is 33.7 Å². The lowest BCUT2D eigenvalue weighted by Crippen LogP contribution is -2.49. The van der Waals surface area contributed by atoms with Gasteiger partial charge in [-0.15, -0.1) is 0 Å². The van der Waals surface area contributed by atoms with E-state index in [0.717, 1.165) is 94.5 Å². The molecular formula is C51H76N2O8. The van der Waals surface area contributed by atoms with Crippen molar-refractivity contribution in [2.45, 2.75) is 110 Å². The van der Waals surface area contributed by atoms with E-state index in [1.165, 1.54) is 40.7 Å². The third-order valence-corrected chi connectivity index (χ3v) is 13.2. The molecule has 1 N–H and O–H groups in total. The second-order valence-electron chi connectivity index (χ2n) is 18.4. The lowest BCUT2D eigenvalue weighted by molar-refractivity contribution is -0.0682. The van der Waals surface area contributed by atoms with Gasteiger partial charge in [0.1, 0.15) is 0 Å². The zero-order valence-electron chi connectivity index (χ0n) is 38.5. The predicted molar refractivity (Wildman–Crippen MR) is 242 cm³/mol. The molecule has 4 heterocycles. The van der Waals surface area contributed by atoms with Crippen LogP contribution in [0.25, 0.3) is 0 Å². The standard InChI is InChI=1S/C29H41NO4.C22H35NO4/c1-21(2)15-24-19-30-12-11-23-16-28(31-3)29(32-4)17-25(23)26(30)18-27(24)34-14-8-13-33-20-22-9-6-5-7-10-22;1-15(2)10-17-14-23-7-6-16-11-21(25-3)22(26-4)12-18(16)19(23)13-20(17)27-9-5-8-24/h5-7,9-10,16-17,21,24,26-27H,8,11-15,18-20H2,1-4H3;11-12,15,17,19-20,24H,5-10,13-14H2,1-4H3/t24-,26-,27-;17-,19-,20-/m11/s1. The zero-order valence-corrected chi connectivity index (χ0v) is 38.5. The Balaban J connectivity index is 0.000000210. The highest BCUT2D eigenvalue weighted by molar-refractivity contribution is 5.50. The van der Waals surface area contributed by atoms with E-state index in [0.29, 0.717) is 55.4 Å². The Morgan fingerprint density at radius 1 is 0.607 bits per heavy atom.